The van der Waals surface area contributed by atoms with E-state index < -0.39 is 0 Å². The fraction of sp³-hybridized carbons (Fsp3) is 0.111. The Morgan fingerprint density at radius 3 is 2.73 bits per heavy atom. The average Bonchev–Trinajstić information content (AvgIpc) is 3.24. The van der Waals surface area contributed by atoms with Crippen molar-refractivity contribution in [2.45, 2.75) is 6.42 Å². The number of hydrogen-bond donors (Lipinski definition) is 0. The first kappa shape index (κ1) is 12.8. The first-order valence-corrected chi connectivity index (χ1v) is 7.24. The highest BCUT2D eigenvalue weighted by Crippen LogP contribution is 2.33. The molecule has 4 rings (SSSR count). The normalized spacial score (nSPS) is 13.2. The molecule has 1 amide bonds. The Balaban J connectivity index is 1.67. The van der Waals surface area contributed by atoms with Crippen molar-refractivity contribution in [1.82, 2.24) is 5.16 Å². The maximum Gasteiger partial charge on any atom is 0.258 e. The summed E-state index contributed by atoms with van der Waals surface area (Å²) in [4.78, 5) is 14.5. The first-order valence-electron chi connectivity index (χ1n) is 7.24. The highest BCUT2D eigenvalue weighted by Gasteiger charge is 2.25. The molecule has 1 aliphatic heterocycles. The lowest BCUT2D eigenvalue weighted by Crippen LogP contribution is -2.28. The Morgan fingerprint density at radius 2 is 1.95 bits per heavy atom. The van der Waals surface area contributed by atoms with Crippen molar-refractivity contribution in [3.63, 3.8) is 0 Å². The Kier molecular flexibility index (Phi) is 3.00. The van der Waals surface area contributed by atoms with E-state index in [4.69, 9.17) is 4.52 Å². The van der Waals surface area contributed by atoms with Crippen molar-refractivity contribution in [2.75, 3.05) is 11.4 Å². The minimum Gasteiger partial charge on any atom is -0.356 e. The molecule has 0 atom stereocenters. The third-order valence-corrected chi connectivity index (χ3v) is 3.96. The molecule has 0 N–H and O–H groups in total. The maximum atomic E-state index is 12.6. The van der Waals surface area contributed by atoms with Crippen molar-refractivity contribution in [3.8, 4) is 11.3 Å². The molecule has 4 heteroatoms. The van der Waals surface area contributed by atoms with E-state index in [1.807, 2.05) is 53.4 Å². The number of hydrogen-bond acceptors (Lipinski definition) is 3. The van der Waals surface area contributed by atoms with E-state index in [0.717, 1.165) is 34.6 Å². The smallest absolute Gasteiger partial charge is 0.258 e. The number of fused-ring (bicyclic) bond motifs is 1. The van der Waals surface area contributed by atoms with Crippen molar-refractivity contribution < 1.29 is 9.32 Å². The monoisotopic (exact) mass is 290 g/mol. The third kappa shape index (κ3) is 2.09. The van der Waals surface area contributed by atoms with Gasteiger partial charge >= 0.3 is 0 Å². The first-order chi connectivity index (χ1) is 10.8. The highest BCUT2D eigenvalue weighted by molar-refractivity contribution is 6.07. The molecule has 0 saturated heterocycles. The van der Waals surface area contributed by atoms with Crippen LogP contribution in [-0.4, -0.2) is 17.6 Å². The van der Waals surface area contributed by atoms with Crippen LogP contribution in [0, 0.1) is 0 Å². The lowest BCUT2D eigenvalue weighted by atomic mass is 10.1. The van der Waals surface area contributed by atoms with Gasteiger partial charge in [0.1, 0.15) is 0 Å². The summed E-state index contributed by atoms with van der Waals surface area (Å²) in [6, 6.07) is 17.3. The molecular formula is C18H14N2O2. The molecule has 0 unspecified atom stereocenters. The average molecular weight is 290 g/mol. The van der Waals surface area contributed by atoms with Crippen LogP contribution in [0.5, 0.6) is 0 Å². The van der Waals surface area contributed by atoms with E-state index >= 15 is 0 Å². The Bertz CT molecular complexity index is 810. The lowest BCUT2D eigenvalue weighted by molar-refractivity contribution is 0.0989. The van der Waals surface area contributed by atoms with Crippen LogP contribution in [0.4, 0.5) is 5.69 Å². The quantitative estimate of drug-likeness (QED) is 0.725. The van der Waals surface area contributed by atoms with Gasteiger partial charge in [-0.25, -0.2) is 0 Å². The van der Waals surface area contributed by atoms with Crippen LogP contribution in [0.1, 0.15) is 15.9 Å². The third-order valence-electron chi connectivity index (χ3n) is 3.96. The summed E-state index contributed by atoms with van der Waals surface area (Å²) >= 11 is 0. The molecule has 2 heterocycles. The van der Waals surface area contributed by atoms with Gasteiger partial charge in [0.05, 0.1) is 6.20 Å². The number of carbonyl (C=O) groups excluding carboxylic acids is 1. The molecule has 0 spiro atoms. The summed E-state index contributed by atoms with van der Waals surface area (Å²) in [5, 5.41) is 3.74. The van der Waals surface area contributed by atoms with E-state index in [1.54, 1.807) is 6.20 Å². The molecule has 22 heavy (non-hydrogen) atoms. The number of nitrogens with zero attached hydrogens (tertiary/aromatic N) is 2. The second-order valence-electron chi connectivity index (χ2n) is 5.29. The van der Waals surface area contributed by atoms with Crippen molar-refractivity contribution >= 4 is 11.6 Å². The molecule has 0 radical (unpaired) electrons. The van der Waals surface area contributed by atoms with Gasteiger partial charge in [0.25, 0.3) is 5.91 Å². The number of benzene rings is 2. The van der Waals surface area contributed by atoms with Crippen molar-refractivity contribution in [1.29, 1.82) is 0 Å². The number of anilines is 1. The predicted molar refractivity (Wildman–Crippen MR) is 83.8 cm³/mol. The second-order valence-corrected chi connectivity index (χ2v) is 5.29. The van der Waals surface area contributed by atoms with E-state index in [1.165, 1.54) is 0 Å². The van der Waals surface area contributed by atoms with Crippen LogP contribution in [-0.2, 0) is 6.42 Å². The molecule has 108 valence electrons. The van der Waals surface area contributed by atoms with Gasteiger partial charge in [-0.1, -0.05) is 23.4 Å². The molecule has 0 fully saturated rings. The summed E-state index contributed by atoms with van der Waals surface area (Å²) < 4.78 is 5.19. The predicted octanol–water partition coefficient (Wildman–Crippen LogP) is 3.54. The van der Waals surface area contributed by atoms with Crippen molar-refractivity contribution in [3.05, 3.63) is 71.9 Å². The van der Waals surface area contributed by atoms with Crippen LogP contribution in [0.2, 0.25) is 0 Å². The van der Waals surface area contributed by atoms with Gasteiger partial charge in [-0.15, -0.1) is 0 Å². The minimum absolute atomic E-state index is 0.0479. The summed E-state index contributed by atoms with van der Waals surface area (Å²) in [6.07, 6.45) is 2.49. The van der Waals surface area contributed by atoms with E-state index in [9.17, 15) is 4.79 Å². The van der Waals surface area contributed by atoms with Gasteiger partial charge in [0, 0.05) is 29.4 Å². The molecule has 4 nitrogen and oxygen atoms in total. The van der Waals surface area contributed by atoms with E-state index in [0.29, 0.717) is 6.54 Å². The van der Waals surface area contributed by atoms with Crippen molar-refractivity contribution in [2.24, 2.45) is 0 Å². The van der Waals surface area contributed by atoms with Crippen LogP contribution < -0.4 is 4.90 Å². The number of amides is 1. The van der Waals surface area contributed by atoms with E-state index in [2.05, 4.69) is 11.2 Å². The fourth-order valence-corrected chi connectivity index (χ4v) is 2.87. The molecule has 2 aromatic carbocycles. The molecule has 0 aliphatic carbocycles. The molecule has 0 bridgehead atoms. The van der Waals surface area contributed by atoms with Gasteiger partial charge < -0.3 is 9.42 Å². The zero-order valence-corrected chi connectivity index (χ0v) is 11.9. The number of aromatic nitrogens is 1. The molecule has 3 aromatic rings. The summed E-state index contributed by atoms with van der Waals surface area (Å²) in [5.41, 5.74) is 3.86. The summed E-state index contributed by atoms with van der Waals surface area (Å²) in [7, 11) is 0. The van der Waals surface area contributed by atoms with Crippen LogP contribution in [0.25, 0.3) is 11.3 Å². The number of rotatable bonds is 2. The summed E-state index contributed by atoms with van der Waals surface area (Å²) in [6.45, 7) is 0.711. The minimum atomic E-state index is 0.0479. The largest absolute Gasteiger partial charge is 0.356 e. The number of carbonyl (C=O) groups is 1. The Labute approximate surface area is 128 Å². The Morgan fingerprint density at radius 1 is 1.09 bits per heavy atom. The highest BCUT2D eigenvalue weighted by atomic mass is 16.5. The van der Waals surface area contributed by atoms with Crippen LogP contribution in [0.15, 0.2) is 65.3 Å². The zero-order valence-electron chi connectivity index (χ0n) is 11.9. The van der Waals surface area contributed by atoms with Gasteiger partial charge in [0.2, 0.25) is 0 Å². The molecule has 1 aromatic heterocycles. The molecule has 1 aliphatic rings. The molecular weight excluding hydrogens is 276 g/mol. The fourth-order valence-electron chi connectivity index (χ4n) is 2.87. The van der Waals surface area contributed by atoms with Gasteiger partial charge in [0.15, 0.2) is 5.76 Å². The lowest BCUT2D eigenvalue weighted by Gasteiger charge is -2.17. The topological polar surface area (TPSA) is 46.3 Å². The Hall–Kier alpha value is -2.88. The van der Waals surface area contributed by atoms with E-state index in [-0.39, 0.29) is 5.91 Å². The van der Waals surface area contributed by atoms with Gasteiger partial charge in [-0.3, -0.25) is 4.79 Å². The zero-order chi connectivity index (χ0) is 14.9. The SMILES string of the molecule is O=C(c1ccccc1)N1CCc2cc(-c3ccno3)ccc21. The summed E-state index contributed by atoms with van der Waals surface area (Å²) in [5.74, 6) is 0.794. The van der Waals surface area contributed by atoms with Gasteiger partial charge in [-0.2, -0.15) is 0 Å². The second kappa shape index (κ2) is 5.15. The standard InChI is InChI=1S/C18H14N2O2/c21-18(13-4-2-1-3-5-13)20-11-9-14-12-15(6-7-16(14)20)17-8-10-19-22-17/h1-8,10,12H,9,11H2. The maximum absolute atomic E-state index is 12.6. The molecule has 0 saturated carbocycles. The van der Waals surface area contributed by atoms with Crippen LogP contribution >= 0.6 is 0 Å². The van der Waals surface area contributed by atoms with Gasteiger partial charge in [-0.05, 0) is 42.3 Å². The van der Waals surface area contributed by atoms with Crippen LogP contribution in [0.3, 0.4) is 0 Å².